The van der Waals surface area contributed by atoms with Crippen molar-refractivity contribution in [2.45, 2.75) is 46.2 Å². The number of para-hydroxylation sites is 1. The minimum absolute atomic E-state index is 0.190. The molecule has 0 spiro atoms. The van der Waals surface area contributed by atoms with Gasteiger partial charge in [-0.2, -0.15) is 0 Å². The fraction of sp³-hybridized carbons (Fsp3) is 0.292. The third-order valence-corrected chi connectivity index (χ3v) is 4.78. The standard InChI is InChI=1S/C24H28N4O/c1-17(2)20-12-8-9-13-21(20)26-23(29)22-14-15-25-24(27-22)28(18(3)4)16-19-10-6-5-7-11-19/h5-15,17-18H,16H2,1-4H3,(H,26,29). The molecule has 1 N–H and O–H groups in total. The molecular weight excluding hydrogens is 360 g/mol. The van der Waals surface area contributed by atoms with Gasteiger partial charge in [-0.3, -0.25) is 4.79 Å². The van der Waals surface area contributed by atoms with Crippen molar-refractivity contribution in [3.05, 3.63) is 83.7 Å². The van der Waals surface area contributed by atoms with Gasteiger partial charge in [0.15, 0.2) is 0 Å². The zero-order chi connectivity index (χ0) is 20.8. The number of hydrogen-bond donors (Lipinski definition) is 1. The molecule has 29 heavy (non-hydrogen) atoms. The summed E-state index contributed by atoms with van der Waals surface area (Å²) in [7, 11) is 0. The predicted octanol–water partition coefficient (Wildman–Crippen LogP) is 5.27. The van der Waals surface area contributed by atoms with E-state index in [1.54, 1.807) is 12.3 Å². The number of hydrogen-bond acceptors (Lipinski definition) is 4. The molecule has 0 bridgehead atoms. The van der Waals surface area contributed by atoms with Crippen LogP contribution in [0.1, 0.15) is 55.2 Å². The summed E-state index contributed by atoms with van der Waals surface area (Å²) in [5, 5.41) is 3.01. The highest BCUT2D eigenvalue weighted by Gasteiger charge is 2.17. The number of nitrogens with zero attached hydrogens (tertiary/aromatic N) is 3. The number of rotatable bonds is 7. The first kappa shape index (κ1) is 20.5. The lowest BCUT2D eigenvalue weighted by atomic mass is 10.0. The van der Waals surface area contributed by atoms with Crippen LogP contribution >= 0.6 is 0 Å². The number of carbonyl (C=O) groups is 1. The molecular formula is C24H28N4O. The van der Waals surface area contributed by atoms with Crippen LogP contribution in [0.4, 0.5) is 11.6 Å². The number of anilines is 2. The lowest BCUT2D eigenvalue weighted by Crippen LogP contribution is -2.32. The van der Waals surface area contributed by atoms with Crippen LogP contribution in [0.5, 0.6) is 0 Å². The van der Waals surface area contributed by atoms with Crippen molar-refractivity contribution >= 4 is 17.5 Å². The second-order valence-electron chi connectivity index (χ2n) is 7.65. The summed E-state index contributed by atoms with van der Waals surface area (Å²) in [6, 6.07) is 19.9. The van der Waals surface area contributed by atoms with Crippen LogP contribution in [0.15, 0.2) is 66.9 Å². The van der Waals surface area contributed by atoms with Gasteiger partial charge in [0.1, 0.15) is 5.69 Å². The van der Waals surface area contributed by atoms with Crippen molar-refractivity contribution in [2.24, 2.45) is 0 Å². The highest BCUT2D eigenvalue weighted by molar-refractivity contribution is 6.03. The quantitative estimate of drug-likeness (QED) is 0.599. The van der Waals surface area contributed by atoms with Gasteiger partial charge in [-0.15, -0.1) is 0 Å². The second kappa shape index (κ2) is 9.32. The van der Waals surface area contributed by atoms with Crippen LogP contribution in [-0.4, -0.2) is 21.9 Å². The molecule has 5 heteroatoms. The second-order valence-corrected chi connectivity index (χ2v) is 7.65. The van der Waals surface area contributed by atoms with Crippen LogP contribution < -0.4 is 10.2 Å². The van der Waals surface area contributed by atoms with Crippen molar-refractivity contribution in [1.82, 2.24) is 9.97 Å². The van der Waals surface area contributed by atoms with Crippen LogP contribution in [0.25, 0.3) is 0 Å². The van der Waals surface area contributed by atoms with Crippen molar-refractivity contribution in [3.63, 3.8) is 0 Å². The monoisotopic (exact) mass is 388 g/mol. The number of benzene rings is 2. The van der Waals surface area contributed by atoms with Crippen molar-refractivity contribution in [3.8, 4) is 0 Å². The molecule has 2 aromatic carbocycles. The van der Waals surface area contributed by atoms with Crippen molar-refractivity contribution in [1.29, 1.82) is 0 Å². The first-order valence-electron chi connectivity index (χ1n) is 9.99. The number of nitrogens with one attached hydrogen (secondary N) is 1. The SMILES string of the molecule is CC(C)c1ccccc1NC(=O)c1ccnc(N(Cc2ccccc2)C(C)C)n1. The maximum absolute atomic E-state index is 12.9. The van der Waals surface area contributed by atoms with E-state index in [9.17, 15) is 4.79 Å². The molecule has 0 aliphatic heterocycles. The maximum Gasteiger partial charge on any atom is 0.274 e. The summed E-state index contributed by atoms with van der Waals surface area (Å²) in [6.45, 7) is 9.09. The summed E-state index contributed by atoms with van der Waals surface area (Å²) in [6.07, 6.45) is 1.64. The van der Waals surface area contributed by atoms with Crippen LogP contribution in [0, 0.1) is 0 Å². The molecule has 0 saturated heterocycles. The molecule has 0 fully saturated rings. The smallest absolute Gasteiger partial charge is 0.274 e. The highest BCUT2D eigenvalue weighted by atomic mass is 16.1. The average Bonchev–Trinajstić information content (AvgIpc) is 2.73. The lowest BCUT2D eigenvalue weighted by molar-refractivity contribution is 0.102. The molecule has 1 amide bonds. The van der Waals surface area contributed by atoms with E-state index in [0.29, 0.717) is 24.1 Å². The van der Waals surface area contributed by atoms with E-state index >= 15 is 0 Å². The molecule has 0 aliphatic carbocycles. The Morgan fingerprint density at radius 2 is 1.66 bits per heavy atom. The minimum Gasteiger partial charge on any atom is -0.334 e. The Morgan fingerprint density at radius 1 is 0.966 bits per heavy atom. The Hall–Kier alpha value is -3.21. The molecule has 150 valence electrons. The Labute approximate surface area is 172 Å². The molecule has 0 radical (unpaired) electrons. The minimum atomic E-state index is -0.231. The molecule has 1 heterocycles. The van der Waals surface area contributed by atoms with E-state index in [4.69, 9.17) is 0 Å². The fourth-order valence-electron chi connectivity index (χ4n) is 3.18. The van der Waals surface area contributed by atoms with Gasteiger partial charge in [0.2, 0.25) is 5.95 Å². The van der Waals surface area contributed by atoms with Gasteiger partial charge in [0, 0.05) is 24.5 Å². The fourth-order valence-corrected chi connectivity index (χ4v) is 3.18. The molecule has 5 nitrogen and oxygen atoms in total. The van der Waals surface area contributed by atoms with E-state index in [2.05, 4.69) is 60.0 Å². The van der Waals surface area contributed by atoms with Gasteiger partial charge >= 0.3 is 0 Å². The third kappa shape index (κ3) is 5.19. The van der Waals surface area contributed by atoms with E-state index in [1.807, 2.05) is 42.5 Å². The largest absolute Gasteiger partial charge is 0.334 e. The summed E-state index contributed by atoms with van der Waals surface area (Å²) in [5.74, 6) is 0.633. The van der Waals surface area contributed by atoms with Gasteiger partial charge in [0.25, 0.3) is 5.91 Å². The molecule has 0 atom stereocenters. The first-order chi connectivity index (χ1) is 14.0. The Balaban J connectivity index is 1.83. The molecule has 3 rings (SSSR count). The number of carbonyl (C=O) groups excluding carboxylic acids is 1. The molecule has 0 saturated carbocycles. The highest BCUT2D eigenvalue weighted by Crippen LogP contribution is 2.24. The van der Waals surface area contributed by atoms with E-state index in [-0.39, 0.29) is 11.9 Å². The van der Waals surface area contributed by atoms with E-state index < -0.39 is 0 Å². The van der Waals surface area contributed by atoms with Crippen molar-refractivity contribution in [2.75, 3.05) is 10.2 Å². The molecule has 0 unspecified atom stereocenters. The zero-order valence-electron chi connectivity index (χ0n) is 17.5. The normalized spacial score (nSPS) is 11.0. The van der Waals surface area contributed by atoms with Gasteiger partial charge < -0.3 is 10.2 Å². The van der Waals surface area contributed by atoms with Crippen molar-refractivity contribution < 1.29 is 4.79 Å². The summed E-state index contributed by atoms with van der Waals surface area (Å²) in [4.78, 5) is 24.0. The lowest BCUT2D eigenvalue weighted by Gasteiger charge is -2.27. The third-order valence-electron chi connectivity index (χ3n) is 4.78. The van der Waals surface area contributed by atoms with Crippen LogP contribution in [-0.2, 0) is 6.54 Å². The first-order valence-corrected chi connectivity index (χ1v) is 9.99. The predicted molar refractivity (Wildman–Crippen MR) is 118 cm³/mol. The maximum atomic E-state index is 12.9. The zero-order valence-corrected chi connectivity index (χ0v) is 17.5. The topological polar surface area (TPSA) is 58.1 Å². The summed E-state index contributed by atoms with van der Waals surface area (Å²) < 4.78 is 0. The van der Waals surface area contributed by atoms with E-state index in [1.165, 1.54) is 5.56 Å². The van der Waals surface area contributed by atoms with Crippen LogP contribution in [0.3, 0.4) is 0 Å². The molecule has 3 aromatic rings. The number of aromatic nitrogens is 2. The van der Waals surface area contributed by atoms with Gasteiger partial charge in [-0.25, -0.2) is 9.97 Å². The van der Waals surface area contributed by atoms with Crippen LogP contribution in [0.2, 0.25) is 0 Å². The molecule has 1 aromatic heterocycles. The number of amides is 1. The van der Waals surface area contributed by atoms with Gasteiger partial charge in [0.05, 0.1) is 0 Å². The van der Waals surface area contributed by atoms with E-state index in [0.717, 1.165) is 11.3 Å². The Kier molecular flexibility index (Phi) is 6.60. The Bertz CT molecular complexity index is 954. The van der Waals surface area contributed by atoms with Gasteiger partial charge in [-0.05, 0) is 43.0 Å². The molecule has 0 aliphatic rings. The summed E-state index contributed by atoms with van der Waals surface area (Å²) >= 11 is 0. The average molecular weight is 389 g/mol. The summed E-state index contributed by atoms with van der Waals surface area (Å²) in [5.41, 5.74) is 3.44. The Morgan fingerprint density at radius 3 is 2.34 bits per heavy atom. The van der Waals surface area contributed by atoms with Gasteiger partial charge in [-0.1, -0.05) is 62.4 Å².